The molecular formula is C20H27F2N3O2. The zero-order valence-electron chi connectivity index (χ0n) is 16.0. The number of amides is 2. The number of halogens is 2. The van der Waals surface area contributed by atoms with Crippen molar-refractivity contribution < 1.29 is 18.4 Å². The van der Waals surface area contributed by atoms with E-state index < -0.39 is 11.6 Å². The predicted molar refractivity (Wildman–Crippen MR) is 98.1 cm³/mol. The third kappa shape index (κ3) is 4.29. The Bertz CT molecular complexity index is 707. The van der Waals surface area contributed by atoms with Crippen molar-refractivity contribution in [2.75, 3.05) is 46.3 Å². The van der Waals surface area contributed by atoms with Crippen molar-refractivity contribution in [3.8, 4) is 0 Å². The first-order chi connectivity index (χ1) is 12.8. The molecule has 0 N–H and O–H groups in total. The second-order valence-electron chi connectivity index (χ2n) is 7.95. The number of likely N-dealkylation sites (tertiary alicyclic amines) is 1. The SMILES string of the molecule is CN1CCC(C)(C(=O)N2CCCN(C(=O)Cc3c(F)cccc3F)CC2)C1. The van der Waals surface area contributed by atoms with Gasteiger partial charge in [0.2, 0.25) is 11.8 Å². The Kier molecular flexibility index (Phi) is 5.79. The minimum Gasteiger partial charge on any atom is -0.341 e. The summed E-state index contributed by atoms with van der Waals surface area (Å²) in [6.45, 7) is 5.63. The van der Waals surface area contributed by atoms with Gasteiger partial charge in [0.25, 0.3) is 0 Å². The monoisotopic (exact) mass is 379 g/mol. The summed E-state index contributed by atoms with van der Waals surface area (Å²) in [5.41, 5.74) is -0.564. The molecule has 2 saturated heterocycles. The predicted octanol–water partition coefficient (Wildman–Crippen LogP) is 1.91. The fourth-order valence-corrected chi connectivity index (χ4v) is 4.08. The van der Waals surface area contributed by atoms with Crippen LogP contribution in [0.4, 0.5) is 8.78 Å². The molecule has 2 fully saturated rings. The molecule has 3 rings (SSSR count). The molecule has 0 radical (unpaired) electrons. The topological polar surface area (TPSA) is 43.9 Å². The van der Waals surface area contributed by atoms with Crippen molar-refractivity contribution in [1.82, 2.24) is 14.7 Å². The van der Waals surface area contributed by atoms with Crippen LogP contribution >= 0.6 is 0 Å². The number of nitrogens with zero attached hydrogens (tertiary/aromatic N) is 3. The van der Waals surface area contributed by atoms with Gasteiger partial charge in [0.1, 0.15) is 11.6 Å². The van der Waals surface area contributed by atoms with E-state index >= 15 is 0 Å². The molecule has 7 heteroatoms. The van der Waals surface area contributed by atoms with Gasteiger partial charge < -0.3 is 14.7 Å². The van der Waals surface area contributed by atoms with Gasteiger partial charge in [0.05, 0.1) is 11.8 Å². The van der Waals surface area contributed by atoms with Gasteiger partial charge >= 0.3 is 0 Å². The summed E-state index contributed by atoms with van der Waals surface area (Å²) in [5.74, 6) is -1.57. The van der Waals surface area contributed by atoms with Crippen molar-refractivity contribution in [3.05, 3.63) is 35.4 Å². The number of rotatable bonds is 3. The second kappa shape index (κ2) is 7.92. The maximum absolute atomic E-state index is 13.8. The molecule has 0 spiro atoms. The zero-order valence-corrected chi connectivity index (χ0v) is 16.0. The lowest BCUT2D eigenvalue weighted by atomic mass is 9.88. The Morgan fingerprint density at radius 1 is 1.04 bits per heavy atom. The highest BCUT2D eigenvalue weighted by Gasteiger charge is 2.41. The maximum Gasteiger partial charge on any atom is 0.229 e. The van der Waals surface area contributed by atoms with Crippen molar-refractivity contribution >= 4 is 11.8 Å². The number of carbonyl (C=O) groups excluding carboxylic acids is 2. The van der Waals surface area contributed by atoms with Gasteiger partial charge in [-0.25, -0.2) is 8.78 Å². The number of carbonyl (C=O) groups is 2. The Morgan fingerprint density at radius 3 is 2.30 bits per heavy atom. The molecule has 0 aromatic heterocycles. The van der Waals surface area contributed by atoms with Gasteiger partial charge in [-0.15, -0.1) is 0 Å². The van der Waals surface area contributed by atoms with Crippen LogP contribution in [0.3, 0.4) is 0 Å². The maximum atomic E-state index is 13.8. The van der Waals surface area contributed by atoms with Crippen LogP contribution in [0.15, 0.2) is 18.2 Å². The Hall–Kier alpha value is -2.02. The molecule has 1 aromatic rings. The van der Waals surface area contributed by atoms with Gasteiger partial charge in [-0.3, -0.25) is 9.59 Å². The summed E-state index contributed by atoms with van der Waals surface area (Å²) in [7, 11) is 2.02. The molecule has 2 aliphatic rings. The molecule has 5 nitrogen and oxygen atoms in total. The lowest BCUT2D eigenvalue weighted by Crippen LogP contribution is -2.45. The van der Waals surface area contributed by atoms with Gasteiger partial charge in [-0.1, -0.05) is 6.07 Å². The molecule has 1 unspecified atom stereocenters. The van der Waals surface area contributed by atoms with Crippen LogP contribution in [0.25, 0.3) is 0 Å². The number of hydrogen-bond acceptors (Lipinski definition) is 3. The van der Waals surface area contributed by atoms with Gasteiger partial charge in [-0.2, -0.15) is 0 Å². The van der Waals surface area contributed by atoms with Crippen LogP contribution in [0, 0.1) is 17.0 Å². The molecule has 0 saturated carbocycles. The summed E-state index contributed by atoms with van der Waals surface area (Å²) in [6.07, 6.45) is 1.21. The Morgan fingerprint density at radius 2 is 1.67 bits per heavy atom. The summed E-state index contributed by atoms with van der Waals surface area (Å²) in [4.78, 5) is 31.1. The summed E-state index contributed by atoms with van der Waals surface area (Å²) >= 11 is 0. The highest BCUT2D eigenvalue weighted by atomic mass is 19.1. The fraction of sp³-hybridized carbons (Fsp3) is 0.600. The minimum atomic E-state index is -0.701. The third-order valence-corrected chi connectivity index (χ3v) is 5.71. The molecule has 2 amide bonds. The summed E-state index contributed by atoms with van der Waals surface area (Å²) in [5, 5.41) is 0. The van der Waals surface area contributed by atoms with E-state index in [1.54, 1.807) is 4.90 Å². The van der Waals surface area contributed by atoms with Crippen molar-refractivity contribution in [2.45, 2.75) is 26.2 Å². The largest absolute Gasteiger partial charge is 0.341 e. The average Bonchev–Trinajstić information content (AvgIpc) is 2.84. The van der Waals surface area contributed by atoms with E-state index in [1.165, 1.54) is 6.07 Å². The number of benzene rings is 1. The van der Waals surface area contributed by atoms with E-state index in [2.05, 4.69) is 4.90 Å². The van der Waals surface area contributed by atoms with Gasteiger partial charge in [-0.05, 0) is 45.5 Å². The van der Waals surface area contributed by atoms with E-state index in [0.717, 1.165) is 31.6 Å². The second-order valence-corrected chi connectivity index (χ2v) is 7.95. The average molecular weight is 379 g/mol. The van der Waals surface area contributed by atoms with Crippen molar-refractivity contribution in [1.29, 1.82) is 0 Å². The summed E-state index contributed by atoms with van der Waals surface area (Å²) in [6, 6.07) is 3.61. The molecule has 2 heterocycles. The van der Waals surface area contributed by atoms with E-state index in [0.29, 0.717) is 32.6 Å². The van der Waals surface area contributed by atoms with E-state index in [4.69, 9.17) is 0 Å². The first-order valence-electron chi connectivity index (χ1n) is 9.49. The van der Waals surface area contributed by atoms with Crippen LogP contribution in [0.5, 0.6) is 0 Å². The normalized spacial score (nSPS) is 24.1. The smallest absolute Gasteiger partial charge is 0.229 e. The van der Waals surface area contributed by atoms with Gasteiger partial charge in [0, 0.05) is 38.3 Å². The lowest BCUT2D eigenvalue weighted by molar-refractivity contribution is -0.141. The van der Waals surface area contributed by atoms with Crippen LogP contribution < -0.4 is 0 Å². The van der Waals surface area contributed by atoms with E-state index in [9.17, 15) is 18.4 Å². The first-order valence-corrected chi connectivity index (χ1v) is 9.49. The molecule has 27 heavy (non-hydrogen) atoms. The van der Waals surface area contributed by atoms with Gasteiger partial charge in [0.15, 0.2) is 0 Å². The quantitative estimate of drug-likeness (QED) is 0.806. The fourth-order valence-electron chi connectivity index (χ4n) is 4.08. The summed E-state index contributed by atoms with van der Waals surface area (Å²) < 4.78 is 27.6. The highest BCUT2D eigenvalue weighted by Crippen LogP contribution is 2.31. The highest BCUT2D eigenvalue weighted by molar-refractivity contribution is 5.83. The molecule has 148 valence electrons. The van der Waals surface area contributed by atoms with E-state index in [-0.39, 0.29) is 29.2 Å². The molecular weight excluding hydrogens is 352 g/mol. The van der Waals surface area contributed by atoms with Crippen LogP contribution in [0.1, 0.15) is 25.3 Å². The number of hydrogen-bond donors (Lipinski definition) is 0. The van der Waals surface area contributed by atoms with Crippen LogP contribution in [0.2, 0.25) is 0 Å². The van der Waals surface area contributed by atoms with Crippen molar-refractivity contribution in [2.24, 2.45) is 5.41 Å². The first kappa shape index (κ1) is 19.7. The Labute approximate surface area is 158 Å². The molecule has 1 aromatic carbocycles. The van der Waals surface area contributed by atoms with Crippen LogP contribution in [-0.2, 0) is 16.0 Å². The minimum absolute atomic E-state index is 0.140. The molecule has 2 aliphatic heterocycles. The standard InChI is InChI=1S/C20H27F2N3O2/c1-20(7-10-23(2)14-20)19(27)25-9-4-8-24(11-12-25)18(26)13-15-16(21)5-3-6-17(15)22/h3,5-6H,4,7-14H2,1-2H3. The lowest BCUT2D eigenvalue weighted by Gasteiger charge is -2.31. The zero-order chi connectivity index (χ0) is 19.6. The van der Waals surface area contributed by atoms with Crippen molar-refractivity contribution in [3.63, 3.8) is 0 Å². The molecule has 1 atom stereocenters. The third-order valence-electron chi connectivity index (χ3n) is 5.71. The Balaban J connectivity index is 1.61. The van der Waals surface area contributed by atoms with E-state index in [1.807, 2.05) is 18.9 Å². The molecule has 0 aliphatic carbocycles. The molecule has 0 bridgehead atoms. The van der Waals surface area contributed by atoms with Crippen LogP contribution in [-0.4, -0.2) is 72.8 Å².